The lowest BCUT2D eigenvalue weighted by molar-refractivity contribution is -0.141. The molecule has 1 saturated carbocycles. The number of allylic oxidation sites excluding steroid dienone is 1. The SMILES string of the molecule is COC(=O)/C=C\CC1Cc2sc3ncnc(NC4CCC(N(C)CCC(=O)OC)CC4)c3c2C1. The summed E-state index contributed by atoms with van der Waals surface area (Å²) in [5.74, 6) is 0.994. The molecule has 0 saturated heterocycles. The summed E-state index contributed by atoms with van der Waals surface area (Å²) < 4.78 is 9.45. The lowest BCUT2D eigenvalue weighted by atomic mass is 9.90. The molecule has 0 radical (unpaired) electrons. The van der Waals surface area contributed by atoms with Gasteiger partial charge in [0.15, 0.2) is 0 Å². The Labute approximate surface area is 204 Å². The van der Waals surface area contributed by atoms with Crippen LogP contribution in [0, 0.1) is 5.92 Å². The first-order valence-electron chi connectivity index (χ1n) is 12.0. The Morgan fingerprint density at radius 1 is 1.18 bits per heavy atom. The van der Waals surface area contributed by atoms with E-state index in [0.717, 1.165) is 62.1 Å². The number of thiophene rings is 1. The van der Waals surface area contributed by atoms with Crippen molar-refractivity contribution in [2.75, 3.05) is 33.1 Å². The lowest BCUT2D eigenvalue weighted by Crippen LogP contribution is -2.39. The van der Waals surface area contributed by atoms with Crippen LogP contribution in [0.4, 0.5) is 5.82 Å². The number of hydrogen-bond donors (Lipinski definition) is 1. The second-order valence-corrected chi connectivity index (χ2v) is 10.4. The normalized spacial score (nSPS) is 22.3. The highest BCUT2D eigenvalue weighted by Gasteiger charge is 2.29. The molecule has 1 unspecified atom stereocenters. The van der Waals surface area contributed by atoms with E-state index in [1.807, 2.05) is 6.08 Å². The first-order chi connectivity index (χ1) is 16.5. The van der Waals surface area contributed by atoms with Crippen LogP contribution < -0.4 is 5.32 Å². The molecule has 0 aliphatic heterocycles. The van der Waals surface area contributed by atoms with Gasteiger partial charge in [-0.3, -0.25) is 4.79 Å². The number of carbonyl (C=O) groups excluding carboxylic acids is 2. The number of fused-ring (bicyclic) bond motifs is 3. The van der Waals surface area contributed by atoms with Crippen molar-refractivity contribution in [2.45, 2.75) is 63.5 Å². The zero-order valence-electron chi connectivity index (χ0n) is 20.2. The quantitative estimate of drug-likeness (QED) is 0.423. The predicted molar refractivity (Wildman–Crippen MR) is 133 cm³/mol. The van der Waals surface area contributed by atoms with Crippen LogP contribution in [0.3, 0.4) is 0 Å². The topological polar surface area (TPSA) is 93.6 Å². The highest BCUT2D eigenvalue weighted by molar-refractivity contribution is 7.19. The minimum atomic E-state index is -0.303. The molecule has 184 valence electrons. The summed E-state index contributed by atoms with van der Waals surface area (Å²) >= 11 is 1.77. The van der Waals surface area contributed by atoms with Crippen LogP contribution in [0.5, 0.6) is 0 Å². The molecule has 2 aromatic rings. The molecule has 2 aliphatic carbocycles. The van der Waals surface area contributed by atoms with Gasteiger partial charge in [0.1, 0.15) is 17.0 Å². The van der Waals surface area contributed by atoms with Crippen LogP contribution >= 0.6 is 11.3 Å². The Morgan fingerprint density at radius 3 is 2.71 bits per heavy atom. The number of carbonyl (C=O) groups is 2. The second-order valence-electron chi connectivity index (χ2n) is 9.30. The van der Waals surface area contributed by atoms with Crippen LogP contribution in [0.15, 0.2) is 18.5 Å². The van der Waals surface area contributed by atoms with Gasteiger partial charge in [-0.25, -0.2) is 14.8 Å². The maximum absolute atomic E-state index is 11.4. The molecule has 2 aliphatic rings. The number of nitrogens with one attached hydrogen (secondary N) is 1. The third kappa shape index (κ3) is 5.75. The van der Waals surface area contributed by atoms with Crippen LogP contribution in [0.25, 0.3) is 10.2 Å². The number of nitrogens with zero attached hydrogens (tertiary/aromatic N) is 3. The van der Waals surface area contributed by atoms with Crippen molar-refractivity contribution in [3.63, 3.8) is 0 Å². The van der Waals surface area contributed by atoms with Crippen molar-refractivity contribution in [1.82, 2.24) is 14.9 Å². The summed E-state index contributed by atoms with van der Waals surface area (Å²) in [6, 6.07) is 0.886. The van der Waals surface area contributed by atoms with Gasteiger partial charge >= 0.3 is 11.9 Å². The summed E-state index contributed by atoms with van der Waals surface area (Å²) in [4.78, 5) is 36.7. The smallest absolute Gasteiger partial charge is 0.330 e. The molecule has 2 aromatic heterocycles. The molecular formula is C25H34N4O4S. The summed E-state index contributed by atoms with van der Waals surface area (Å²) in [5, 5.41) is 4.91. The fourth-order valence-electron chi connectivity index (χ4n) is 5.15. The first kappa shape index (κ1) is 24.6. The van der Waals surface area contributed by atoms with Gasteiger partial charge in [-0.2, -0.15) is 0 Å². The highest BCUT2D eigenvalue weighted by Crippen LogP contribution is 2.42. The van der Waals surface area contributed by atoms with Gasteiger partial charge < -0.3 is 19.7 Å². The van der Waals surface area contributed by atoms with Crippen molar-refractivity contribution in [1.29, 1.82) is 0 Å². The summed E-state index contributed by atoms with van der Waals surface area (Å²) in [7, 11) is 4.94. The van der Waals surface area contributed by atoms with Gasteiger partial charge in [-0.15, -0.1) is 11.3 Å². The molecule has 9 heteroatoms. The molecule has 34 heavy (non-hydrogen) atoms. The molecule has 0 spiro atoms. The maximum Gasteiger partial charge on any atom is 0.330 e. The van der Waals surface area contributed by atoms with Crippen molar-refractivity contribution in [2.24, 2.45) is 5.92 Å². The molecular weight excluding hydrogens is 452 g/mol. The van der Waals surface area contributed by atoms with E-state index in [9.17, 15) is 9.59 Å². The fraction of sp³-hybridized carbons (Fsp3) is 0.600. The first-order valence-corrected chi connectivity index (χ1v) is 12.8. The maximum atomic E-state index is 11.4. The van der Waals surface area contributed by atoms with E-state index >= 15 is 0 Å². The molecule has 0 aromatic carbocycles. The van der Waals surface area contributed by atoms with Crippen molar-refractivity contribution < 1.29 is 19.1 Å². The molecule has 1 fully saturated rings. The third-order valence-electron chi connectivity index (χ3n) is 7.12. The lowest BCUT2D eigenvalue weighted by Gasteiger charge is -2.35. The molecule has 8 nitrogen and oxygen atoms in total. The van der Waals surface area contributed by atoms with Crippen LogP contribution in [0.1, 0.15) is 49.0 Å². The summed E-state index contributed by atoms with van der Waals surface area (Å²) in [6.45, 7) is 0.735. The molecule has 2 heterocycles. The van der Waals surface area contributed by atoms with E-state index in [2.05, 4.69) is 32.0 Å². The molecule has 1 atom stereocenters. The molecule has 0 bridgehead atoms. The van der Waals surface area contributed by atoms with E-state index < -0.39 is 0 Å². The van der Waals surface area contributed by atoms with E-state index in [0.29, 0.717) is 24.4 Å². The van der Waals surface area contributed by atoms with Crippen LogP contribution in [-0.2, 0) is 31.9 Å². The monoisotopic (exact) mass is 486 g/mol. The zero-order chi connectivity index (χ0) is 24.1. The van der Waals surface area contributed by atoms with Gasteiger partial charge in [0.2, 0.25) is 0 Å². The Balaban J connectivity index is 1.36. The number of hydrogen-bond acceptors (Lipinski definition) is 9. The average molecular weight is 487 g/mol. The summed E-state index contributed by atoms with van der Waals surface area (Å²) in [6.07, 6.45) is 12.8. The van der Waals surface area contributed by atoms with E-state index in [1.54, 1.807) is 17.7 Å². The number of esters is 2. The molecule has 1 N–H and O–H groups in total. The van der Waals surface area contributed by atoms with Crippen LogP contribution in [-0.4, -0.2) is 66.7 Å². The van der Waals surface area contributed by atoms with Crippen molar-refractivity contribution in [3.05, 3.63) is 28.9 Å². The van der Waals surface area contributed by atoms with Gasteiger partial charge in [0.25, 0.3) is 0 Å². The third-order valence-corrected chi connectivity index (χ3v) is 8.28. The second kappa shape index (κ2) is 11.3. The van der Waals surface area contributed by atoms with E-state index in [-0.39, 0.29) is 11.9 Å². The number of anilines is 1. The Bertz CT molecular complexity index is 1040. The summed E-state index contributed by atoms with van der Waals surface area (Å²) in [5.41, 5.74) is 1.37. The fourth-order valence-corrected chi connectivity index (χ4v) is 6.43. The zero-order valence-corrected chi connectivity index (χ0v) is 21.0. The molecule has 4 rings (SSSR count). The number of ether oxygens (including phenoxy) is 2. The van der Waals surface area contributed by atoms with Crippen LogP contribution in [0.2, 0.25) is 0 Å². The Morgan fingerprint density at radius 2 is 1.97 bits per heavy atom. The van der Waals surface area contributed by atoms with Gasteiger partial charge in [0.05, 0.1) is 26.0 Å². The predicted octanol–water partition coefficient (Wildman–Crippen LogP) is 3.74. The highest BCUT2D eigenvalue weighted by atomic mass is 32.1. The van der Waals surface area contributed by atoms with Gasteiger partial charge in [-0.05, 0) is 63.5 Å². The van der Waals surface area contributed by atoms with Crippen molar-refractivity contribution >= 4 is 39.3 Å². The largest absolute Gasteiger partial charge is 0.469 e. The minimum Gasteiger partial charge on any atom is -0.469 e. The van der Waals surface area contributed by atoms with Gasteiger partial charge in [-0.1, -0.05) is 6.08 Å². The minimum absolute atomic E-state index is 0.153. The Hall–Kier alpha value is -2.52. The average Bonchev–Trinajstić information content (AvgIpc) is 3.40. The van der Waals surface area contributed by atoms with E-state index in [4.69, 9.17) is 4.74 Å². The number of aromatic nitrogens is 2. The Kier molecular flexibility index (Phi) is 8.15. The number of methoxy groups -OCH3 is 2. The standard InChI is InChI=1S/C25H34N4O4S/c1-29(12-11-22(31)33-3)18-9-7-17(8-10-18)28-24-23-19-13-16(5-4-6-21(30)32-2)14-20(19)34-25(23)27-15-26-24/h4,6,15-18H,5,7-14H2,1-3H3,(H,26,27,28)/b6-4-. The van der Waals surface area contributed by atoms with Gasteiger partial charge in [0, 0.05) is 29.6 Å². The number of rotatable bonds is 9. The molecule has 0 amide bonds. The van der Waals surface area contributed by atoms with Crippen molar-refractivity contribution in [3.8, 4) is 0 Å². The van der Waals surface area contributed by atoms with E-state index in [1.165, 1.54) is 36.1 Å².